The number of hydrogen-bond acceptors (Lipinski definition) is 7. The highest BCUT2D eigenvalue weighted by Crippen LogP contribution is 2.29. The van der Waals surface area contributed by atoms with E-state index in [1.807, 2.05) is 45.0 Å². The van der Waals surface area contributed by atoms with Crippen LogP contribution in [0.5, 0.6) is 5.75 Å². The molecule has 8 nitrogen and oxygen atoms in total. The molecule has 2 aliphatic heterocycles. The van der Waals surface area contributed by atoms with Crippen molar-refractivity contribution in [3.05, 3.63) is 76.4 Å². The van der Waals surface area contributed by atoms with Gasteiger partial charge in [-0.15, -0.1) is 0 Å². The van der Waals surface area contributed by atoms with E-state index >= 15 is 0 Å². The number of nitrogens with zero attached hydrogens (tertiary/aromatic N) is 1. The molecule has 198 valence electrons. The smallest absolute Gasteiger partial charge is 0.255 e. The van der Waals surface area contributed by atoms with Crippen LogP contribution in [-0.4, -0.2) is 49.0 Å². The molecule has 9 heteroatoms. The summed E-state index contributed by atoms with van der Waals surface area (Å²) in [5.41, 5.74) is 4.14. The first-order chi connectivity index (χ1) is 17.6. The first-order valence-electron chi connectivity index (χ1n) is 12.4. The Balaban J connectivity index is 1.48. The molecule has 0 bridgehead atoms. The molecule has 1 aromatic carbocycles. The highest BCUT2D eigenvalue weighted by atomic mass is 35.5. The molecule has 0 radical (unpaired) electrons. The number of amides is 1. The molecular weight excluding hydrogens is 492 g/mol. The molecule has 0 aliphatic carbocycles. The Morgan fingerprint density at radius 1 is 1.35 bits per heavy atom. The summed E-state index contributed by atoms with van der Waals surface area (Å²) in [4.78, 5) is 17.2. The fourth-order valence-electron chi connectivity index (χ4n) is 4.22. The number of carbonyl (C=O) groups excluding carboxylic acids is 1. The summed E-state index contributed by atoms with van der Waals surface area (Å²) in [6.45, 7) is 14.5. The number of aromatic nitrogens is 1. The highest BCUT2D eigenvalue weighted by molar-refractivity contribution is 6.31. The zero-order valence-electron chi connectivity index (χ0n) is 21.8. The molecule has 1 fully saturated rings. The van der Waals surface area contributed by atoms with Gasteiger partial charge in [0.25, 0.3) is 5.91 Å². The summed E-state index contributed by atoms with van der Waals surface area (Å²) in [6, 6.07) is 7.50. The third kappa shape index (κ3) is 6.63. The van der Waals surface area contributed by atoms with Gasteiger partial charge in [-0.25, -0.2) is 0 Å². The maximum absolute atomic E-state index is 12.9. The molecular formula is C28H35ClN4O4. The molecule has 1 saturated heterocycles. The van der Waals surface area contributed by atoms with Crippen LogP contribution in [-0.2, 0) is 20.8 Å². The average Bonchev–Trinajstić information content (AvgIpc) is 2.87. The van der Waals surface area contributed by atoms with Crippen LogP contribution in [0.1, 0.15) is 31.9 Å². The van der Waals surface area contributed by atoms with E-state index in [2.05, 4.69) is 34.4 Å². The van der Waals surface area contributed by atoms with Crippen LogP contribution in [0.3, 0.4) is 0 Å². The van der Waals surface area contributed by atoms with E-state index < -0.39 is 0 Å². The Morgan fingerprint density at radius 2 is 2.16 bits per heavy atom. The molecule has 3 N–H and O–H groups in total. The van der Waals surface area contributed by atoms with Crippen LogP contribution in [0.2, 0.25) is 5.02 Å². The number of pyridine rings is 1. The predicted octanol–water partition coefficient (Wildman–Crippen LogP) is 4.35. The number of carbonyl (C=O) groups is 1. The molecule has 2 atom stereocenters. The number of hydrogen-bond donors (Lipinski definition) is 3. The maximum Gasteiger partial charge on any atom is 0.255 e. The van der Waals surface area contributed by atoms with Gasteiger partial charge >= 0.3 is 0 Å². The molecule has 1 aromatic heterocycles. The maximum atomic E-state index is 12.9. The van der Waals surface area contributed by atoms with Crippen molar-refractivity contribution in [3.8, 4) is 5.75 Å². The van der Waals surface area contributed by atoms with E-state index in [-0.39, 0.29) is 23.5 Å². The van der Waals surface area contributed by atoms with Gasteiger partial charge < -0.3 is 30.2 Å². The van der Waals surface area contributed by atoms with E-state index in [4.69, 9.17) is 25.8 Å². The van der Waals surface area contributed by atoms with Crippen molar-refractivity contribution in [1.82, 2.24) is 15.6 Å². The van der Waals surface area contributed by atoms with Crippen LogP contribution >= 0.6 is 11.6 Å². The minimum absolute atomic E-state index is 0.0639. The lowest BCUT2D eigenvalue weighted by atomic mass is 9.95. The van der Waals surface area contributed by atoms with Crippen LogP contribution < -0.4 is 20.7 Å². The molecule has 0 spiro atoms. The predicted molar refractivity (Wildman–Crippen MR) is 144 cm³/mol. The average molecular weight is 527 g/mol. The number of halogens is 1. The van der Waals surface area contributed by atoms with Gasteiger partial charge in [0.15, 0.2) is 0 Å². The molecule has 1 amide bonds. The topological polar surface area (TPSA) is 93.7 Å². The Hall–Kier alpha value is -3.07. The SMILES string of the molecule is C=C(Nc1cccc(Cl)c1C)C1=C(NCc2ccncc2OCC2COC(C)(C)CO2)C(C)CNC1=O. The third-order valence-electron chi connectivity index (χ3n) is 6.50. The molecule has 0 saturated carbocycles. The normalized spacial score (nSPS) is 21.3. The standard InChI is InChI=1S/C28H35ClN4O4/c1-17-11-32-27(34)25(19(3)33-23-8-6-7-22(29)18(23)2)26(17)31-12-20-9-10-30-13-24(20)35-14-21-15-37-28(4,5)16-36-21/h6-10,13,17,21,31,33H,3,11-12,14-16H2,1-2,4-5H3,(H,32,34). The second kappa shape index (κ2) is 11.5. The third-order valence-corrected chi connectivity index (χ3v) is 6.91. The monoisotopic (exact) mass is 526 g/mol. The number of nitrogens with one attached hydrogen (secondary N) is 3. The second-order valence-electron chi connectivity index (χ2n) is 10.1. The van der Waals surface area contributed by atoms with Crippen molar-refractivity contribution in [1.29, 1.82) is 0 Å². The number of benzene rings is 1. The minimum Gasteiger partial charge on any atom is -0.489 e. The Morgan fingerprint density at radius 3 is 2.92 bits per heavy atom. The van der Waals surface area contributed by atoms with Crippen molar-refractivity contribution < 1.29 is 19.0 Å². The lowest BCUT2D eigenvalue weighted by molar-refractivity contribution is -0.181. The molecule has 2 unspecified atom stereocenters. The van der Waals surface area contributed by atoms with Gasteiger partial charge in [-0.1, -0.05) is 31.2 Å². The number of ether oxygens (including phenoxy) is 3. The number of rotatable bonds is 9. The van der Waals surface area contributed by atoms with E-state index in [9.17, 15) is 4.79 Å². The van der Waals surface area contributed by atoms with E-state index in [0.29, 0.717) is 55.0 Å². The van der Waals surface area contributed by atoms with E-state index in [1.165, 1.54) is 0 Å². The van der Waals surface area contributed by atoms with Gasteiger partial charge in [-0.2, -0.15) is 0 Å². The number of anilines is 1. The van der Waals surface area contributed by atoms with Gasteiger partial charge in [-0.3, -0.25) is 9.78 Å². The zero-order chi connectivity index (χ0) is 26.6. The van der Waals surface area contributed by atoms with E-state index in [0.717, 1.165) is 22.5 Å². The fourth-order valence-corrected chi connectivity index (χ4v) is 4.39. The molecule has 4 rings (SSSR count). The van der Waals surface area contributed by atoms with Crippen LogP contribution in [0.15, 0.2) is 60.2 Å². The first kappa shape index (κ1) is 27.0. The largest absolute Gasteiger partial charge is 0.489 e. The summed E-state index contributed by atoms with van der Waals surface area (Å²) in [5.74, 6) is 0.542. The second-order valence-corrected chi connectivity index (χ2v) is 10.5. The summed E-state index contributed by atoms with van der Waals surface area (Å²) in [7, 11) is 0. The lowest BCUT2D eigenvalue weighted by Crippen LogP contribution is -2.44. The van der Waals surface area contributed by atoms with Gasteiger partial charge in [0.05, 0.1) is 30.6 Å². The van der Waals surface area contributed by atoms with Crippen LogP contribution in [0, 0.1) is 12.8 Å². The minimum atomic E-state index is -0.279. The van der Waals surface area contributed by atoms with E-state index in [1.54, 1.807) is 12.4 Å². The molecule has 2 aromatic rings. The Labute approximate surface area is 223 Å². The summed E-state index contributed by atoms with van der Waals surface area (Å²) in [6.07, 6.45) is 3.27. The van der Waals surface area contributed by atoms with Crippen molar-refractivity contribution in [2.24, 2.45) is 5.92 Å². The van der Waals surface area contributed by atoms with Gasteiger partial charge in [0, 0.05) is 52.9 Å². The Kier molecular flexibility index (Phi) is 8.42. The molecule has 2 aliphatic rings. The summed E-state index contributed by atoms with van der Waals surface area (Å²) >= 11 is 6.28. The van der Waals surface area contributed by atoms with Crippen molar-refractivity contribution in [2.45, 2.75) is 45.9 Å². The van der Waals surface area contributed by atoms with Gasteiger partial charge in [0.2, 0.25) is 0 Å². The van der Waals surface area contributed by atoms with Gasteiger partial charge in [0.1, 0.15) is 18.5 Å². The molecule has 37 heavy (non-hydrogen) atoms. The van der Waals surface area contributed by atoms with Crippen molar-refractivity contribution >= 4 is 23.2 Å². The molecule has 3 heterocycles. The summed E-state index contributed by atoms with van der Waals surface area (Å²) < 4.78 is 17.8. The van der Waals surface area contributed by atoms with Gasteiger partial charge in [-0.05, 0) is 44.5 Å². The summed E-state index contributed by atoms with van der Waals surface area (Å²) in [5, 5.41) is 10.4. The van der Waals surface area contributed by atoms with Crippen molar-refractivity contribution in [2.75, 3.05) is 31.7 Å². The Bertz CT molecular complexity index is 1190. The quantitative estimate of drug-likeness (QED) is 0.447. The van der Waals surface area contributed by atoms with Crippen LogP contribution in [0.25, 0.3) is 0 Å². The highest BCUT2D eigenvalue weighted by Gasteiger charge is 2.30. The fraction of sp³-hybridized carbons (Fsp3) is 0.429. The zero-order valence-corrected chi connectivity index (χ0v) is 22.6. The lowest BCUT2D eigenvalue weighted by Gasteiger charge is -2.34. The van der Waals surface area contributed by atoms with Crippen molar-refractivity contribution in [3.63, 3.8) is 0 Å². The van der Waals surface area contributed by atoms with Crippen LogP contribution in [0.4, 0.5) is 5.69 Å². The first-order valence-corrected chi connectivity index (χ1v) is 12.8.